The number of aryl methyl sites for hydroxylation is 1. The molecular weight excluding hydrogens is 278 g/mol. The van der Waals surface area contributed by atoms with Gasteiger partial charge in [0.25, 0.3) is 0 Å². The van der Waals surface area contributed by atoms with Gasteiger partial charge < -0.3 is 5.32 Å². The molecule has 1 aromatic heterocycles. The Morgan fingerprint density at radius 1 is 1.19 bits per heavy atom. The largest absolute Gasteiger partial charge is 0.315 e. The van der Waals surface area contributed by atoms with E-state index >= 15 is 0 Å². The van der Waals surface area contributed by atoms with E-state index in [0.29, 0.717) is 6.04 Å². The van der Waals surface area contributed by atoms with E-state index in [0.717, 1.165) is 19.4 Å². The second kappa shape index (κ2) is 6.24. The first-order valence-electron chi connectivity index (χ1n) is 7.82. The fraction of sp³-hybridized carbons (Fsp3) is 0.529. The van der Waals surface area contributed by atoms with Gasteiger partial charge in [0.05, 0.1) is 0 Å². The summed E-state index contributed by atoms with van der Waals surface area (Å²) in [7, 11) is 0. The van der Waals surface area contributed by atoms with Gasteiger partial charge in [0.1, 0.15) is 10.0 Å². The van der Waals surface area contributed by atoms with Gasteiger partial charge in [-0.2, -0.15) is 0 Å². The van der Waals surface area contributed by atoms with E-state index in [2.05, 4.69) is 59.7 Å². The van der Waals surface area contributed by atoms with Gasteiger partial charge in [-0.3, -0.25) is 0 Å². The molecule has 3 nitrogen and oxygen atoms in total. The van der Waals surface area contributed by atoms with Crippen molar-refractivity contribution in [2.24, 2.45) is 0 Å². The molecule has 1 aromatic carbocycles. The maximum absolute atomic E-state index is 4.49. The van der Waals surface area contributed by atoms with Crippen LogP contribution in [0.3, 0.4) is 0 Å². The molecule has 4 heteroatoms. The molecule has 1 saturated carbocycles. The van der Waals surface area contributed by atoms with Gasteiger partial charge in [0.15, 0.2) is 0 Å². The molecule has 0 unspecified atom stereocenters. The van der Waals surface area contributed by atoms with Crippen molar-refractivity contribution in [1.29, 1.82) is 0 Å². The average molecular weight is 301 g/mol. The molecule has 1 fully saturated rings. The van der Waals surface area contributed by atoms with Crippen LogP contribution in [0.1, 0.15) is 48.7 Å². The summed E-state index contributed by atoms with van der Waals surface area (Å²) in [6, 6.07) is 11.3. The summed E-state index contributed by atoms with van der Waals surface area (Å²) in [6.45, 7) is 5.41. The Balaban J connectivity index is 1.63. The van der Waals surface area contributed by atoms with Gasteiger partial charge in [-0.25, -0.2) is 0 Å². The van der Waals surface area contributed by atoms with Crippen LogP contribution in [0.2, 0.25) is 0 Å². The van der Waals surface area contributed by atoms with Gasteiger partial charge in [-0.15, -0.1) is 21.5 Å². The monoisotopic (exact) mass is 301 g/mol. The lowest BCUT2D eigenvalue weighted by atomic mass is 9.97. The lowest BCUT2D eigenvalue weighted by Gasteiger charge is -2.11. The predicted molar refractivity (Wildman–Crippen MR) is 87.8 cm³/mol. The fourth-order valence-electron chi connectivity index (χ4n) is 2.69. The van der Waals surface area contributed by atoms with Crippen LogP contribution in [0.4, 0.5) is 0 Å². The molecule has 0 saturated heterocycles. The highest BCUT2D eigenvalue weighted by Gasteiger charge is 2.48. The SMILES string of the molecule is CC(C)NCCCc1nnc(C2(c3ccccc3)CC2)s1. The summed E-state index contributed by atoms with van der Waals surface area (Å²) in [5.74, 6) is 0. The number of nitrogens with zero attached hydrogens (tertiary/aromatic N) is 2. The van der Waals surface area contributed by atoms with E-state index in [4.69, 9.17) is 0 Å². The second-order valence-electron chi connectivity index (χ2n) is 6.16. The third-order valence-corrected chi connectivity index (χ3v) is 5.26. The van der Waals surface area contributed by atoms with Crippen LogP contribution in [0.5, 0.6) is 0 Å². The van der Waals surface area contributed by atoms with Crippen LogP contribution in [-0.2, 0) is 11.8 Å². The van der Waals surface area contributed by atoms with Crippen molar-refractivity contribution in [2.75, 3.05) is 6.54 Å². The first-order valence-corrected chi connectivity index (χ1v) is 8.64. The van der Waals surface area contributed by atoms with Crippen molar-refractivity contribution in [3.05, 3.63) is 45.9 Å². The van der Waals surface area contributed by atoms with Crippen molar-refractivity contribution in [3.63, 3.8) is 0 Å². The van der Waals surface area contributed by atoms with Crippen LogP contribution in [0.25, 0.3) is 0 Å². The topological polar surface area (TPSA) is 37.8 Å². The average Bonchev–Trinajstić information content (AvgIpc) is 3.17. The molecule has 2 aromatic rings. The van der Waals surface area contributed by atoms with Crippen LogP contribution in [0, 0.1) is 0 Å². The number of hydrogen-bond donors (Lipinski definition) is 1. The lowest BCUT2D eigenvalue weighted by Crippen LogP contribution is -2.23. The minimum Gasteiger partial charge on any atom is -0.315 e. The molecule has 21 heavy (non-hydrogen) atoms. The molecule has 112 valence electrons. The predicted octanol–water partition coefficient (Wildman–Crippen LogP) is 3.55. The van der Waals surface area contributed by atoms with Gasteiger partial charge >= 0.3 is 0 Å². The number of rotatable bonds is 7. The molecule has 3 rings (SSSR count). The smallest absolute Gasteiger partial charge is 0.128 e. The van der Waals surface area contributed by atoms with Crippen LogP contribution in [0.15, 0.2) is 30.3 Å². The zero-order chi connectivity index (χ0) is 14.7. The summed E-state index contributed by atoms with van der Waals surface area (Å²) in [5, 5.41) is 14.7. The highest BCUT2D eigenvalue weighted by molar-refractivity contribution is 7.11. The zero-order valence-electron chi connectivity index (χ0n) is 12.8. The molecule has 0 aliphatic heterocycles. The number of nitrogens with one attached hydrogen (secondary N) is 1. The van der Waals surface area contributed by atoms with Crippen molar-refractivity contribution in [1.82, 2.24) is 15.5 Å². The molecule has 0 bridgehead atoms. The zero-order valence-corrected chi connectivity index (χ0v) is 13.6. The Morgan fingerprint density at radius 3 is 2.62 bits per heavy atom. The molecule has 0 spiro atoms. The Labute approximate surface area is 130 Å². The van der Waals surface area contributed by atoms with E-state index in [1.54, 1.807) is 11.3 Å². The van der Waals surface area contributed by atoms with Crippen LogP contribution in [-0.4, -0.2) is 22.8 Å². The van der Waals surface area contributed by atoms with Gasteiger partial charge in [-0.05, 0) is 31.4 Å². The summed E-state index contributed by atoms with van der Waals surface area (Å²) >= 11 is 1.81. The number of aromatic nitrogens is 2. The van der Waals surface area contributed by atoms with Crippen molar-refractivity contribution >= 4 is 11.3 Å². The number of benzene rings is 1. The Morgan fingerprint density at radius 2 is 1.95 bits per heavy atom. The highest BCUT2D eigenvalue weighted by atomic mass is 32.1. The first kappa shape index (κ1) is 14.7. The summed E-state index contributed by atoms with van der Waals surface area (Å²) in [6.07, 6.45) is 4.58. The molecule has 1 heterocycles. The third-order valence-electron chi connectivity index (χ3n) is 4.07. The summed E-state index contributed by atoms with van der Waals surface area (Å²) in [4.78, 5) is 0. The van der Waals surface area contributed by atoms with Crippen molar-refractivity contribution in [3.8, 4) is 0 Å². The van der Waals surface area contributed by atoms with Crippen molar-refractivity contribution in [2.45, 2.75) is 51.0 Å². The molecule has 0 radical (unpaired) electrons. The van der Waals surface area contributed by atoms with Crippen LogP contribution >= 0.6 is 11.3 Å². The van der Waals surface area contributed by atoms with E-state index in [1.807, 2.05) is 0 Å². The fourth-order valence-corrected chi connectivity index (χ4v) is 3.84. The minimum atomic E-state index is 0.174. The summed E-state index contributed by atoms with van der Waals surface area (Å²) in [5.41, 5.74) is 1.57. The molecule has 0 amide bonds. The normalized spacial score (nSPS) is 16.3. The van der Waals surface area contributed by atoms with E-state index in [-0.39, 0.29) is 5.41 Å². The van der Waals surface area contributed by atoms with E-state index in [9.17, 15) is 0 Å². The molecule has 1 aliphatic carbocycles. The Kier molecular flexibility index (Phi) is 4.36. The van der Waals surface area contributed by atoms with Crippen LogP contribution < -0.4 is 5.32 Å². The van der Waals surface area contributed by atoms with Crippen molar-refractivity contribution < 1.29 is 0 Å². The first-order chi connectivity index (χ1) is 10.2. The van der Waals surface area contributed by atoms with Gasteiger partial charge in [0.2, 0.25) is 0 Å². The maximum atomic E-state index is 4.49. The molecule has 0 atom stereocenters. The summed E-state index contributed by atoms with van der Waals surface area (Å²) < 4.78 is 0. The van der Waals surface area contributed by atoms with E-state index in [1.165, 1.54) is 28.4 Å². The second-order valence-corrected chi connectivity index (χ2v) is 7.22. The van der Waals surface area contributed by atoms with E-state index < -0.39 is 0 Å². The highest BCUT2D eigenvalue weighted by Crippen LogP contribution is 2.54. The van der Waals surface area contributed by atoms with Gasteiger partial charge in [0, 0.05) is 17.9 Å². The quantitative estimate of drug-likeness (QED) is 0.795. The molecule has 1 aliphatic rings. The maximum Gasteiger partial charge on any atom is 0.128 e. The minimum absolute atomic E-state index is 0.174. The molecular formula is C17H23N3S. The third kappa shape index (κ3) is 3.33. The standard InChI is InChI=1S/C17H23N3S/c1-13(2)18-12-6-9-15-19-20-16(21-15)17(10-11-17)14-7-4-3-5-8-14/h3-5,7-8,13,18H,6,9-12H2,1-2H3. The number of hydrogen-bond acceptors (Lipinski definition) is 4. The Hall–Kier alpha value is -1.26. The molecule has 1 N–H and O–H groups in total. The lowest BCUT2D eigenvalue weighted by molar-refractivity contribution is 0.569. The Bertz CT molecular complexity index is 573. The van der Waals surface area contributed by atoms with Gasteiger partial charge in [-0.1, -0.05) is 44.2 Å².